The largest absolute Gasteiger partial charge is 0.217 e. The van der Waals surface area contributed by atoms with E-state index in [1.165, 1.54) is 36.7 Å². The van der Waals surface area contributed by atoms with E-state index in [0.717, 1.165) is 12.8 Å². The molecule has 0 bridgehead atoms. The molecule has 0 unspecified atom stereocenters. The van der Waals surface area contributed by atoms with Crippen molar-refractivity contribution in [3.63, 3.8) is 0 Å². The van der Waals surface area contributed by atoms with Crippen LogP contribution in [0.3, 0.4) is 0 Å². The van der Waals surface area contributed by atoms with Gasteiger partial charge in [0.1, 0.15) is 11.9 Å². The van der Waals surface area contributed by atoms with Gasteiger partial charge in [-0.2, -0.15) is 5.26 Å². The summed E-state index contributed by atoms with van der Waals surface area (Å²) in [5, 5.41) is 21.5. The summed E-state index contributed by atoms with van der Waals surface area (Å²) < 4.78 is 15.0. The molecule has 102 valence electrons. The minimum atomic E-state index is -0.415. The van der Waals surface area contributed by atoms with Crippen molar-refractivity contribution in [2.75, 3.05) is 0 Å². The fourth-order valence-electron chi connectivity index (χ4n) is 2.41. The molecule has 0 amide bonds. The second-order valence-electron chi connectivity index (χ2n) is 4.70. The monoisotopic (exact) mass is 289 g/mol. The first-order valence-electron chi connectivity index (χ1n) is 6.43. The quantitative estimate of drug-likeness (QED) is 0.869. The van der Waals surface area contributed by atoms with E-state index in [9.17, 15) is 4.39 Å². The van der Waals surface area contributed by atoms with Crippen LogP contribution < -0.4 is 0 Å². The summed E-state index contributed by atoms with van der Waals surface area (Å²) in [6, 6.07) is 6.49. The summed E-state index contributed by atoms with van der Waals surface area (Å²) in [6.07, 6.45) is 4.53. The van der Waals surface area contributed by atoms with Gasteiger partial charge in [-0.3, -0.25) is 0 Å². The van der Waals surface area contributed by atoms with Crippen molar-refractivity contribution in [2.45, 2.75) is 41.8 Å². The number of tetrazole rings is 1. The maximum atomic E-state index is 13.1. The first-order valence-corrected chi connectivity index (χ1v) is 7.25. The first kappa shape index (κ1) is 13.1. The minimum absolute atomic E-state index is 0.302. The Bertz CT molecular complexity index is 657. The molecule has 7 heteroatoms. The Morgan fingerprint density at radius 2 is 2.15 bits per heavy atom. The highest BCUT2D eigenvalue weighted by atomic mass is 32.2. The van der Waals surface area contributed by atoms with Crippen molar-refractivity contribution in [3.05, 3.63) is 29.6 Å². The average Bonchev–Trinajstić information content (AvgIpc) is 3.11. The van der Waals surface area contributed by atoms with Crippen molar-refractivity contribution in [1.29, 1.82) is 5.26 Å². The van der Waals surface area contributed by atoms with Gasteiger partial charge in [0, 0.05) is 4.90 Å². The van der Waals surface area contributed by atoms with E-state index < -0.39 is 5.82 Å². The SMILES string of the molecule is N#Cc1cc(F)ccc1Sc1nnnn1C1CCCC1. The molecule has 1 fully saturated rings. The Labute approximate surface area is 119 Å². The van der Waals surface area contributed by atoms with E-state index >= 15 is 0 Å². The lowest BCUT2D eigenvalue weighted by molar-refractivity contribution is 0.423. The lowest BCUT2D eigenvalue weighted by atomic mass is 10.2. The molecular weight excluding hydrogens is 277 g/mol. The molecule has 0 aliphatic heterocycles. The average molecular weight is 289 g/mol. The fourth-order valence-corrected chi connectivity index (χ4v) is 3.31. The molecule has 1 heterocycles. The van der Waals surface area contributed by atoms with E-state index in [2.05, 4.69) is 15.5 Å². The molecule has 5 nitrogen and oxygen atoms in total. The lowest BCUT2D eigenvalue weighted by Crippen LogP contribution is -2.08. The molecule has 1 aliphatic rings. The van der Waals surface area contributed by atoms with Crippen LogP contribution in [0.1, 0.15) is 37.3 Å². The summed E-state index contributed by atoms with van der Waals surface area (Å²) in [4.78, 5) is 0.669. The van der Waals surface area contributed by atoms with Crippen molar-refractivity contribution < 1.29 is 4.39 Å². The third-order valence-electron chi connectivity index (χ3n) is 3.40. The third kappa shape index (κ3) is 2.51. The van der Waals surface area contributed by atoms with Gasteiger partial charge in [0.25, 0.3) is 0 Å². The summed E-state index contributed by atoms with van der Waals surface area (Å²) in [5.41, 5.74) is 0.302. The summed E-state index contributed by atoms with van der Waals surface area (Å²) in [5.74, 6) is -0.415. The van der Waals surface area contributed by atoms with Gasteiger partial charge in [-0.15, -0.1) is 5.10 Å². The van der Waals surface area contributed by atoms with Gasteiger partial charge in [-0.05, 0) is 53.2 Å². The van der Waals surface area contributed by atoms with Crippen molar-refractivity contribution >= 4 is 11.8 Å². The number of nitriles is 1. The highest BCUT2D eigenvalue weighted by molar-refractivity contribution is 7.99. The predicted molar refractivity (Wildman–Crippen MR) is 70.6 cm³/mol. The molecule has 1 aromatic heterocycles. The third-order valence-corrected chi connectivity index (χ3v) is 4.42. The number of rotatable bonds is 3. The Kier molecular flexibility index (Phi) is 3.65. The van der Waals surface area contributed by atoms with Crippen LogP contribution in [0.25, 0.3) is 0 Å². The van der Waals surface area contributed by atoms with Gasteiger partial charge in [-0.25, -0.2) is 9.07 Å². The molecule has 1 aliphatic carbocycles. The van der Waals surface area contributed by atoms with Crippen LogP contribution in [-0.4, -0.2) is 20.2 Å². The Morgan fingerprint density at radius 1 is 1.35 bits per heavy atom. The highest BCUT2D eigenvalue weighted by Gasteiger charge is 2.22. The van der Waals surface area contributed by atoms with Gasteiger partial charge < -0.3 is 0 Å². The van der Waals surface area contributed by atoms with E-state index in [4.69, 9.17) is 5.26 Å². The molecule has 0 saturated heterocycles. The Balaban J connectivity index is 1.89. The molecule has 1 aromatic carbocycles. The number of aromatic nitrogens is 4. The van der Waals surface area contributed by atoms with Crippen LogP contribution in [0.4, 0.5) is 4.39 Å². The molecule has 3 rings (SSSR count). The molecular formula is C13H12FN5S. The normalized spacial score (nSPS) is 15.4. The van der Waals surface area contributed by atoms with Gasteiger partial charge in [0.2, 0.25) is 5.16 Å². The standard InChI is InChI=1S/C13H12FN5S/c14-10-5-6-12(9(7-10)8-15)20-13-16-17-18-19(13)11-3-1-2-4-11/h5-7,11H,1-4H2. The minimum Gasteiger partial charge on any atom is -0.217 e. The van der Waals surface area contributed by atoms with E-state index in [0.29, 0.717) is 21.7 Å². The smallest absolute Gasteiger partial charge is 0.214 e. The van der Waals surface area contributed by atoms with Crippen LogP contribution in [-0.2, 0) is 0 Å². The van der Waals surface area contributed by atoms with E-state index in [-0.39, 0.29) is 0 Å². The maximum Gasteiger partial charge on any atom is 0.214 e. The van der Waals surface area contributed by atoms with Crippen molar-refractivity contribution in [1.82, 2.24) is 20.2 Å². The van der Waals surface area contributed by atoms with Crippen LogP contribution in [0, 0.1) is 17.1 Å². The van der Waals surface area contributed by atoms with E-state index in [1.54, 1.807) is 6.07 Å². The van der Waals surface area contributed by atoms with E-state index in [1.807, 2.05) is 10.8 Å². The maximum absolute atomic E-state index is 13.1. The van der Waals surface area contributed by atoms with Crippen molar-refractivity contribution in [2.24, 2.45) is 0 Å². The molecule has 20 heavy (non-hydrogen) atoms. The molecule has 1 saturated carbocycles. The second-order valence-corrected chi connectivity index (χ2v) is 5.71. The zero-order valence-corrected chi connectivity index (χ0v) is 11.5. The zero-order valence-electron chi connectivity index (χ0n) is 10.7. The number of halogens is 1. The summed E-state index contributed by atoms with van der Waals surface area (Å²) in [6.45, 7) is 0. The molecule has 0 spiro atoms. The summed E-state index contributed by atoms with van der Waals surface area (Å²) in [7, 11) is 0. The zero-order chi connectivity index (χ0) is 13.9. The topological polar surface area (TPSA) is 67.4 Å². The lowest BCUT2D eigenvalue weighted by Gasteiger charge is -2.11. The Hall–Kier alpha value is -1.94. The van der Waals surface area contributed by atoms with Crippen LogP contribution >= 0.6 is 11.8 Å². The van der Waals surface area contributed by atoms with Crippen LogP contribution in [0.2, 0.25) is 0 Å². The number of nitrogens with zero attached hydrogens (tertiary/aromatic N) is 5. The van der Waals surface area contributed by atoms with Crippen molar-refractivity contribution in [3.8, 4) is 6.07 Å². The number of hydrogen-bond acceptors (Lipinski definition) is 5. The summed E-state index contributed by atoms with van der Waals surface area (Å²) >= 11 is 1.31. The van der Waals surface area contributed by atoms with Gasteiger partial charge >= 0.3 is 0 Å². The van der Waals surface area contributed by atoms with Gasteiger partial charge in [0.15, 0.2) is 0 Å². The van der Waals surface area contributed by atoms with Crippen LogP contribution in [0.15, 0.2) is 28.3 Å². The predicted octanol–water partition coefficient (Wildman–Crippen LogP) is 2.95. The van der Waals surface area contributed by atoms with Crippen LogP contribution in [0.5, 0.6) is 0 Å². The highest BCUT2D eigenvalue weighted by Crippen LogP contribution is 2.34. The molecule has 2 aromatic rings. The number of benzene rings is 1. The molecule has 0 atom stereocenters. The fraction of sp³-hybridized carbons (Fsp3) is 0.385. The van der Waals surface area contributed by atoms with Gasteiger partial charge in [-0.1, -0.05) is 12.8 Å². The second kappa shape index (κ2) is 5.59. The Morgan fingerprint density at radius 3 is 2.90 bits per heavy atom. The first-order chi connectivity index (χ1) is 9.78. The van der Waals surface area contributed by atoms with Gasteiger partial charge in [0.05, 0.1) is 11.6 Å². The molecule has 0 N–H and O–H groups in total. The number of hydrogen-bond donors (Lipinski definition) is 0. The molecule has 0 radical (unpaired) electrons.